The fraction of sp³-hybridized carbons (Fsp3) is 0.692. The van der Waals surface area contributed by atoms with Gasteiger partial charge in [0.05, 0.1) is 5.69 Å². The molecule has 0 aromatic carbocycles. The van der Waals surface area contributed by atoms with Gasteiger partial charge >= 0.3 is 0 Å². The van der Waals surface area contributed by atoms with Crippen molar-refractivity contribution in [2.75, 3.05) is 6.54 Å². The van der Waals surface area contributed by atoms with Crippen molar-refractivity contribution in [2.45, 2.75) is 51.5 Å². The molecule has 0 saturated heterocycles. The van der Waals surface area contributed by atoms with Gasteiger partial charge in [-0.05, 0) is 38.3 Å². The fourth-order valence-corrected chi connectivity index (χ4v) is 2.94. The van der Waals surface area contributed by atoms with Gasteiger partial charge in [0, 0.05) is 18.2 Å². The van der Waals surface area contributed by atoms with Gasteiger partial charge in [0.1, 0.15) is 5.82 Å². The lowest BCUT2D eigenvalue weighted by Gasteiger charge is -2.20. The van der Waals surface area contributed by atoms with Crippen LogP contribution in [0.4, 0.5) is 0 Å². The summed E-state index contributed by atoms with van der Waals surface area (Å²) in [6.45, 7) is 4.14. The van der Waals surface area contributed by atoms with Crippen molar-refractivity contribution in [1.29, 1.82) is 0 Å². The van der Waals surface area contributed by atoms with Crippen LogP contribution in [0.2, 0.25) is 0 Å². The number of hydrogen-bond donors (Lipinski definition) is 1. The number of nitrogens with zero attached hydrogens (tertiary/aromatic N) is 2. The van der Waals surface area contributed by atoms with Crippen LogP contribution < -0.4 is 5.32 Å². The van der Waals surface area contributed by atoms with E-state index in [0.29, 0.717) is 5.92 Å². The first-order valence-electron chi connectivity index (χ1n) is 6.41. The van der Waals surface area contributed by atoms with Crippen LogP contribution in [0.1, 0.15) is 54.4 Å². The minimum absolute atomic E-state index is 0.630. The Hall–Kier alpha value is -0.960. The second-order valence-electron chi connectivity index (χ2n) is 5.00. The van der Waals surface area contributed by atoms with E-state index >= 15 is 0 Å². The minimum atomic E-state index is 0.630. The number of fused-ring (bicyclic) bond motifs is 1. The molecule has 2 heterocycles. The summed E-state index contributed by atoms with van der Waals surface area (Å²) in [6.07, 6.45) is 6.36. The lowest BCUT2D eigenvalue weighted by Crippen LogP contribution is -2.27. The van der Waals surface area contributed by atoms with E-state index in [1.54, 1.807) is 0 Å². The maximum atomic E-state index is 4.78. The third kappa shape index (κ3) is 1.73. The highest BCUT2D eigenvalue weighted by Gasteiger charge is 2.22. The predicted octanol–water partition coefficient (Wildman–Crippen LogP) is 2.09. The van der Waals surface area contributed by atoms with E-state index in [2.05, 4.69) is 12.2 Å². The summed E-state index contributed by atoms with van der Waals surface area (Å²) in [6, 6.07) is 0. The average Bonchev–Trinajstić information content (AvgIpc) is 2.82. The van der Waals surface area contributed by atoms with E-state index in [9.17, 15) is 0 Å². The number of aryl methyl sites for hydroxylation is 1. The van der Waals surface area contributed by atoms with Gasteiger partial charge in [-0.25, -0.2) is 9.97 Å². The average molecular weight is 217 g/mol. The maximum Gasteiger partial charge on any atom is 0.132 e. The smallest absolute Gasteiger partial charge is 0.132 e. The molecule has 1 fully saturated rings. The number of hydrogen-bond acceptors (Lipinski definition) is 3. The van der Waals surface area contributed by atoms with Crippen LogP contribution in [0.5, 0.6) is 0 Å². The zero-order valence-electron chi connectivity index (χ0n) is 9.92. The summed E-state index contributed by atoms with van der Waals surface area (Å²) in [4.78, 5) is 9.51. The first-order chi connectivity index (χ1) is 7.84. The Morgan fingerprint density at radius 3 is 2.81 bits per heavy atom. The third-order valence-electron chi connectivity index (χ3n) is 3.88. The molecule has 0 spiro atoms. The molecule has 3 nitrogen and oxygen atoms in total. The second kappa shape index (κ2) is 4.13. The highest BCUT2D eigenvalue weighted by molar-refractivity contribution is 5.28. The molecule has 16 heavy (non-hydrogen) atoms. The van der Waals surface area contributed by atoms with Gasteiger partial charge in [0.2, 0.25) is 0 Å². The Labute approximate surface area is 96.7 Å². The van der Waals surface area contributed by atoms with E-state index in [1.807, 2.05) is 0 Å². The van der Waals surface area contributed by atoms with Gasteiger partial charge in [-0.15, -0.1) is 0 Å². The molecule has 1 aromatic rings. The van der Waals surface area contributed by atoms with Gasteiger partial charge in [-0.1, -0.05) is 12.8 Å². The Kier molecular flexibility index (Phi) is 2.64. The maximum absolute atomic E-state index is 4.78. The third-order valence-corrected chi connectivity index (χ3v) is 3.88. The summed E-state index contributed by atoms with van der Waals surface area (Å²) in [5.41, 5.74) is 3.86. The highest BCUT2D eigenvalue weighted by Crippen LogP contribution is 2.32. The number of aromatic nitrogens is 2. The van der Waals surface area contributed by atoms with E-state index in [-0.39, 0.29) is 0 Å². The predicted molar refractivity (Wildman–Crippen MR) is 63.4 cm³/mol. The molecule has 0 unspecified atom stereocenters. The van der Waals surface area contributed by atoms with Crippen molar-refractivity contribution < 1.29 is 0 Å². The fourth-order valence-electron chi connectivity index (χ4n) is 2.94. The molecule has 0 atom stereocenters. The van der Waals surface area contributed by atoms with Crippen molar-refractivity contribution in [3.05, 3.63) is 22.8 Å². The Morgan fingerprint density at radius 2 is 2.00 bits per heavy atom. The molecule has 1 saturated carbocycles. The molecular weight excluding hydrogens is 198 g/mol. The quantitative estimate of drug-likeness (QED) is 0.782. The van der Waals surface area contributed by atoms with Gasteiger partial charge in [-0.3, -0.25) is 0 Å². The monoisotopic (exact) mass is 217 g/mol. The zero-order chi connectivity index (χ0) is 11.0. The van der Waals surface area contributed by atoms with Gasteiger partial charge in [0.15, 0.2) is 0 Å². The molecule has 1 aromatic heterocycles. The summed E-state index contributed by atoms with van der Waals surface area (Å²) >= 11 is 0. The minimum Gasteiger partial charge on any atom is -0.311 e. The summed E-state index contributed by atoms with van der Waals surface area (Å²) in [5.74, 6) is 1.74. The molecule has 0 amide bonds. The van der Waals surface area contributed by atoms with Crippen LogP contribution in [-0.4, -0.2) is 16.5 Å². The first-order valence-corrected chi connectivity index (χ1v) is 6.41. The van der Waals surface area contributed by atoms with Crippen LogP contribution in [0.3, 0.4) is 0 Å². The normalized spacial score (nSPS) is 21.1. The van der Waals surface area contributed by atoms with Crippen LogP contribution in [-0.2, 0) is 13.0 Å². The second-order valence-corrected chi connectivity index (χ2v) is 5.00. The van der Waals surface area contributed by atoms with Gasteiger partial charge in [-0.2, -0.15) is 0 Å². The van der Waals surface area contributed by atoms with E-state index < -0.39 is 0 Å². The lowest BCUT2D eigenvalue weighted by atomic mass is 10.0. The first kappa shape index (κ1) is 10.2. The molecule has 1 aliphatic heterocycles. The molecule has 2 aliphatic rings. The van der Waals surface area contributed by atoms with Crippen LogP contribution in [0.15, 0.2) is 0 Å². The van der Waals surface area contributed by atoms with Crippen molar-refractivity contribution >= 4 is 0 Å². The van der Waals surface area contributed by atoms with E-state index in [0.717, 1.165) is 25.3 Å². The summed E-state index contributed by atoms with van der Waals surface area (Å²) in [7, 11) is 0. The van der Waals surface area contributed by atoms with Crippen molar-refractivity contribution in [2.24, 2.45) is 0 Å². The zero-order valence-corrected chi connectivity index (χ0v) is 9.92. The molecule has 3 heteroatoms. The molecule has 0 radical (unpaired) electrons. The van der Waals surface area contributed by atoms with Crippen LogP contribution >= 0.6 is 0 Å². The number of rotatable bonds is 1. The van der Waals surface area contributed by atoms with Gasteiger partial charge < -0.3 is 5.32 Å². The molecule has 1 N–H and O–H groups in total. The van der Waals surface area contributed by atoms with Crippen LogP contribution in [0, 0.1) is 6.92 Å². The van der Waals surface area contributed by atoms with Crippen LogP contribution in [0.25, 0.3) is 0 Å². The Balaban J connectivity index is 1.97. The molecule has 1 aliphatic carbocycles. The topological polar surface area (TPSA) is 37.8 Å². The highest BCUT2D eigenvalue weighted by atomic mass is 15.0. The largest absolute Gasteiger partial charge is 0.311 e. The molecule has 3 rings (SSSR count). The molecule has 86 valence electrons. The van der Waals surface area contributed by atoms with Gasteiger partial charge in [0.25, 0.3) is 0 Å². The molecular formula is C13H19N3. The summed E-state index contributed by atoms with van der Waals surface area (Å²) < 4.78 is 0. The Bertz CT molecular complexity index is 394. The van der Waals surface area contributed by atoms with Crippen molar-refractivity contribution in [1.82, 2.24) is 15.3 Å². The van der Waals surface area contributed by atoms with Crippen molar-refractivity contribution in [3.63, 3.8) is 0 Å². The van der Waals surface area contributed by atoms with E-state index in [1.165, 1.54) is 42.6 Å². The Morgan fingerprint density at radius 1 is 1.19 bits per heavy atom. The van der Waals surface area contributed by atoms with Crippen molar-refractivity contribution in [3.8, 4) is 0 Å². The lowest BCUT2D eigenvalue weighted by molar-refractivity contribution is 0.591. The SMILES string of the molecule is Cc1nc(C2CCCC2)nc2c1CCNC2. The number of nitrogens with one attached hydrogen (secondary N) is 1. The molecule has 0 bridgehead atoms. The summed E-state index contributed by atoms with van der Waals surface area (Å²) in [5, 5.41) is 3.40. The standard InChI is InChI=1S/C13H19N3/c1-9-11-6-7-14-8-12(11)16-13(15-9)10-4-2-3-5-10/h10,14H,2-8H2,1H3. The van der Waals surface area contributed by atoms with E-state index in [4.69, 9.17) is 9.97 Å².